The number of hydrogen-bond acceptors (Lipinski definition) is 4. The smallest absolute Gasteiger partial charge is 0.193 e. The first-order chi connectivity index (χ1) is 11.8. The van der Waals surface area contributed by atoms with Crippen LogP contribution in [0.2, 0.25) is 0 Å². The van der Waals surface area contributed by atoms with Gasteiger partial charge in [-0.2, -0.15) is 0 Å². The summed E-state index contributed by atoms with van der Waals surface area (Å²) in [6, 6.07) is 0. The van der Waals surface area contributed by atoms with E-state index in [-0.39, 0.29) is 0 Å². The van der Waals surface area contributed by atoms with Crippen LogP contribution in [0.3, 0.4) is 0 Å². The predicted octanol–water partition coefficient (Wildman–Crippen LogP) is 2.51. The molecule has 1 aromatic heterocycles. The molecule has 0 aromatic carbocycles. The maximum atomic E-state index is 4.81. The fourth-order valence-corrected chi connectivity index (χ4v) is 3.99. The molecule has 24 heavy (non-hydrogen) atoms. The summed E-state index contributed by atoms with van der Waals surface area (Å²) < 4.78 is 0. The van der Waals surface area contributed by atoms with Crippen LogP contribution in [-0.4, -0.2) is 53.6 Å². The summed E-state index contributed by atoms with van der Waals surface area (Å²) in [6.45, 7) is 6.88. The van der Waals surface area contributed by atoms with Gasteiger partial charge in [0.15, 0.2) is 5.96 Å². The van der Waals surface area contributed by atoms with E-state index in [0.717, 1.165) is 38.0 Å². The summed E-state index contributed by atoms with van der Waals surface area (Å²) in [5.41, 5.74) is 0.562. The molecule has 6 heteroatoms. The quantitative estimate of drug-likeness (QED) is 0.493. The van der Waals surface area contributed by atoms with E-state index in [1.807, 2.05) is 0 Å². The molecule has 1 aliphatic heterocycles. The third-order valence-electron chi connectivity index (χ3n) is 5.23. The molecule has 2 heterocycles. The van der Waals surface area contributed by atoms with Crippen molar-refractivity contribution < 1.29 is 0 Å². The second-order valence-corrected chi connectivity index (χ2v) is 6.99. The SMILES string of the molecule is CCNC(=NCCNc1cnccn1)N1CCC2(CCCCC2)C1. The van der Waals surface area contributed by atoms with E-state index in [9.17, 15) is 0 Å². The number of aliphatic imine (C=N–C) groups is 1. The molecular formula is C18H30N6. The molecular weight excluding hydrogens is 300 g/mol. The molecule has 1 saturated heterocycles. The van der Waals surface area contributed by atoms with Crippen molar-refractivity contribution in [3.05, 3.63) is 18.6 Å². The lowest BCUT2D eigenvalue weighted by Gasteiger charge is -2.33. The highest BCUT2D eigenvalue weighted by Crippen LogP contribution is 2.43. The van der Waals surface area contributed by atoms with Gasteiger partial charge >= 0.3 is 0 Å². The lowest BCUT2D eigenvalue weighted by molar-refractivity contribution is 0.203. The molecule has 132 valence electrons. The molecule has 1 saturated carbocycles. The van der Waals surface area contributed by atoms with E-state index in [1.165, 1.54) is 45.1 Å². The number of hydrogen-bond donors (Lipinski definition) is 2. The molecule has 0 radical (unpaired) electrons. The highest BCUT2D eigenvalue weighted by Gasteiger charge is 2.39. The number of guanidine groups is 1. The Morgan fingerprint density at radius 3 is 2.88 bits per heavy atom. The average Bonchev–Trinajstić information content (AvgIpc) is 3.02. The molecule has 1 spiro atoms. The molecule has 2 aliphatic rings. The van der Waals surface area contributed by atoms with E-state index in [4.69, 9.17) is 4.99 Å². The Kier molecular flexibility index (Phi) is 5.88. The molecule has 2 fully saturated rings. The maximum Gasteiger partial charge on any atom is 0.193 e. The highest BCUT2D eigenvalue weighted by molar-refractivity contribution is 5.80. The number of anilines is 1. The van der Waals surface area contributed by atoms with Crippen LogP contribution in [0.4, 0.5) is 5.82 Å². The van der Waals surface area contributed by atoms with E-state index in [0.29, 0.717) is 5.41 Å². The van der Waals surface area contributed by atoms with Gasteiger partial charge < -0.3 is 15.5 Å². The van der Waals surface area contributed by atoms with Crippen LogP contribution in [0, 0.1) is 5.41 Å². The molecule has 0 amide bonds. The van der Waals surface area contributed by atoms with E-state index in [2.05, 4.69) is 32.4 Å². The van der Waals surface area contributed by atoms with Gasteiger partial charge in [-0.1, -0.05) is 19.3 Å². The molecule has 6 nitrogen and oxygen atoms in total. The zero-order valence-corrected chi connectivity index (χ0v) is 14.8. The van der Waals surface area contributed by atoms with Gasteiger partial charge in [0.05, 0.1) is 12.7 Å². The zero-order chi connectivity index (χ0) is 16.7. The van der Waals surface area contributed by atoms with Crippen molar-refractivity contribution in [3.8, 4) is 0 Å². The van der Waals surface area contributed by atoms with Crippen molar-refractivity contribution in [2.24, 2.45) is 10.4 Å². The minimum absolute atomic E-state index is 0.562. The summed E-state index contributed by atoms with van der Waals surface area (Å²) in [4.78, 5) is 15.6. The Morgan fingerprint density at radius 2 is 2.12 bits per heavy atom. The monoisotopic (exact) mass is 330 g/mol. The van der Waals surface area contributed by atoms with Crippen LogP contribution in [0.1, 0.15) is 45.4 Å². The molecule has 0 unspecified atom stereocenters. The maximum absolute atomic E-state index is 4.81. The number of likely N-dealkylation sites (tertiary alicyclic amines) is 1. The van der Waals surface area contributed by atoms with E-state index in [1.54, 1.807) is 18.6 Å². The standard InChI is InChI=1S/C18H30N6/c1-2-20-17(23-12-11-22-16-14-19-9-10-21-16)24-13-8-18(15-24)6-4-3-5-7-18/h9-10,14H,2-8,11-13,15H2,1H3,(H,20,23)(H,21,22). The van der Waals surface area contributed by atoms with Crippen LogP contribution >= 0.6 is 0 Å². The minimum atomic E-state index is 0.562. The Morgan fingerprint density at radius 1 is 1.25 bits per heavy atom. The van der Waals surface area contributed by atoms with Crippen molar-refractivity contribution >= 4 is 11.8 Å². The largest absolute Gasteiger partial charge is 0.367 e. The summed E-state index contributed by atoms with van der Waals surface area (Å²) in [6.07, 6.45) is 13.5. The summed E-state index contributed by atoms with van der Waals surface area (Å²) in [7, 11) is 0. The van der Waals surface area contributed by atoms with Gasteiger partial charge in [-0.3, -0.25) is 9.98 Å². The summed E-state index contributed by atoms with van der Waals surface area (Å²) in [5, 5.41) is 6.73. The number of nitrogens with zero attached hydrogens (tertiary/aromatic N) is 4. The second kappa shape index (κ2) is 8.31. The lowest BCUT2D eigenvalue weighted by atomic mass is 9.73. The van der Waals surface area contributed by atoms with Crippen molar-refractivity contribution in [1.82, 2.24) is 20.2 Å². The van der Waals surface area contributed by atoms with Crippen LogP contribution in [-0.2, 0) is 0 Å². The van der Waals surface area contributed by atoms with E-state index >= 15 is 0 Å². The predicted molar refractivity (Wildman–Crippen MR) is 98.2 cm³/mol. The fraction of sp³-hybridized carbons (Fsp3) is 0.722. The van der Waals surface area contributed by atoms with Gasteiger partial charge in [0.1, 0.15) is 5.82 Å². The van der Waals surface area contributed by atoms with Crippen LogP contribution in [0.5, 0.6) is 0 Å². The van der Waals surface area contributed by atoms with Crippen molar-refractivity contribution in [2.45, 2.75) is 45.4 Å². The molecule has 0 bridgehead atoms. The molecule has 2 N–H and O–H groups in total. The van der Waals surface area contributed by atoms with Crippen LogP contribution in [0.25, 0.3) is 0 Å². The average molecular weight is 330 g/mol. The number of rotatable bonds is 5. The Hall–Kier alpha value is -1.85. The normalized spacial score (nSPS) is 20.4. The molecule has 1 aliphatic carbocycles. The van der Waals surface area contributed by atoms with E-state index < -0.39 is 0 Å². The third-order valence-corrected chi connectivity index (χ3v) is 5.23. The first-order valence-electron chi connectivity index (χ1n) is 9.34. The topological polar surface area (TPSA) is 65.4 Å². The van der Waals surface area contributed by atoms with Gasteiger partial charge in [0.2, 0.25) is 0 Å². The number of nitrogens with one attached hydrogen (secondary N) is 2. The van der Waals surface area contributed by atoms with Gasteiger partial charge in [-0.25, -0.2) is 4.98 Å². The molecule has 1 aromatic rings. The van der Waals surface area contributed by atoms with Crippen molar-refractivity contribution in [2.75, 3.05) is 38.0 Å². The van der Waals surface area contributed by atoms with Gasteiger partial charge in [0, 0.05) is 38.6 Å². The van der Waals surface area contributed by atoms with Crippen LogP contribution in [0.15, 0.2) is 23.6 Å². The Bertz CT molecular complexity index is 524. The first-order valence-corrected chi connectivity index (χ1v) is 9.34. The van der Waals surface area contributed by atoms with Crippen molar-refractivity contribution in [3.63, 3.8) is 0 Å². The Balaban J connectivity index is 1.52. The second-order valence-electron chi connectivity index (χ2n) is 6.99. The van der Waals surface area contributed by atoms with Crippen LogP contribution < -0.4 is 10.6 Å². The summed E-state index contributed by atoms with van der Waals surface area (Å²) >= 11 is 0. The molecule has 0 atom stereocenters. The fourth-order valence-electron chi connectivity index (χ4n) is 3.99. The van der Waals surface area contributed by atoms with Crippen molar-refractivity contribution in [1.29, 1.82) is 0 Å². The van der Waals surface area contributed by atoms with Gasteiger partial charge in [-0.15, -0.1) is 0 Å². The number of aromatic nitrogens is 2. The minimum Gasteiger partial charge on any atom is -0.367 e. The third kappa shape index (κ3) is 4.36. The zero-order valence-electron chi connectivity index (χ0n) is 14.8. The summed E-state index contributed by atoms with van der Waals surface area (Å²) in [5.74, 6) is 1.88. The lowest BCUT2D eigenvalue weighted by Crippen LogP contribution is -2.42. The van der Waals surface area contributed by atoms with Gasteiger partial charge in [0.25, 0.3) is 0 Å². The Labute approximate surface area is 145 Å². The highest BCUT2D eigenvalue weighted by atomic mass is 15.3. The molecule has 3 rings (SSSR count). The first kappa shape index (κ1) is 17.0. The van der Waals surface area contributed by atoms with Gasteiger partial charge in [-0.05, 0) is 31.6 Å².